The molecule has 1 aromatic rings. The van der Waals surface area contributed by atoms with Crippen molar-refractivity contribution < 1.29 is 13.5 Å². The normalized spacial score (nSPS) is 19.3. The molecule has 3 nitrogen and oxygen atoms in total. The first-order valence-corrected chi connectivity index (χ1v) is 6.06. The number of nitrogens with one attached hydrogen (secondary N) is 1. The third-order valence-corrected chi connectivity index (χ3v) is 3.81. The molecule has 1 atom stereocenters. The molecule has 1 saturated carbocycles. The van der Waals surface area contributed by atoms with Crippen LogP contribution in [0.1, 0.15) is 37.3 Å². The van der Waals surface area contributed by atoms with E-state index >= 15 is 0 Å². The molecule has 2 rings (SSSR count). The smallest absolute Gasteiger partial charge is 0.130 e. The lowest BCUT2D eigenvalue weighted by atomic mass is 9.75. The molecule has 0 spiro atoms. The molecule has 5 heteroatoms. The first-order chi connectivity index (χ1) is 8.60. The molecule has 0 radical (unpaired) electrons. The largest absolute Gasteiger partial charge is 0.378 e. The molecular weight excluding hydrogens is 238 g/mol. The van der Waals surface area contributed by atoms with Crippen molar-refractivity contribution in [2.24, 2.45) is 5.84 Å². The van der Waals surface area contributed by atoms with Gasteiger partial charge in [0.15, 0.2) is 0 Å². The van der Waals surface area contributed by atoms with Gasteiger partial charge >= 0.3 is 0 Å². The monoisotopic (exact) mass is 256 g/mol. The lowest BCUT2D eigenvalue weighted by molar-refractivity contribution is -0.0840. The summed E-state index contributed by atoms with van der Waals surface area (Å²) in [6, 6.07) is 3.17. The third kappa shape index (κ3) is 2.53. The molecule has 0 aromatic heterocycles. The molecule has 0 heterocycles. The molecule has 1 aliphatic carbocycles. The van der Waals surface area contributed by atoms with Crippen molar-refractivity contribution in [1.29, 1.82) is 0 Å². The average molecular weight is 256 g/mol. The zero-order valence-electron chi connectivity index (χ0n) is 10.4. The van der Waals surface area contributed by atoms with Gasteiger partial charge in [-0.1, -0.05) is 6.07 Å². The number of methoxy groups -OCH3 is 1. The predicted molar refractivity (Wildman–Crippen MR) is 64.6 cm³/mol. The van der Waals surface area contributed by atoms with Crippen LogP contribution in [0.2, 0.25) is 0 Å². The predicted octanol–water partition coefficient (Wildman–Crippen LogP) is 2.43. The standard InChI is InChI=1S/C13H18F2N2O/c1-18-13(5-2-6-13)8-12(17-16)10-4-3-9(14)7-11(10)15/h3-4,7,12,17H,2,5-6,8,16H2,1H3. The fraction of sp³-hybridized carbons (Fsp3) is 0.538. The second-order valence-corrected chi connectivity index (χ2v) is 4.83. The van der Waals surface area contributed by atoms with Crippen LogP contribution in [-0.4, -0.2) is 12.7 Å². The maximum Gasteiger partial charge on any atom is 0.130 e. The van der Waals surface area contributed by atoms with Gasteiger partial charge in [0.2, 0.25) is 0 Å². The van der Waals surface area contributed by atoms with E-state index in [1.54, 1.807) is 7.11 Å². The van der Waals surface area contributed by atoms with Crippen LogP contribution in [0.3, 0.4) is 0 Å². The highest BCUT2D eigenvalue weighted by Gasteiger charge is 2.39. The number of nitrogens with two attached hydrogens (primary N) is 1. The van der Waals surface area contributed by atoms with Gasteiger partial charge in [0.05, 0.1) is 11.6 Å². The maximum absolute atomic E-state index is 13.7. The van der Waals surface area contributed by atoms with E-state index in [0.29, 0.717) is 12.0 Å². The number of benzene rings is 1. The van der Waals surface area contributed by atoms with E-state index in [9.17, 15) is 8.78 Å². The highest BCUT2D eigenvalue weighted by Crippen LogP contribution is 2.41. The van der Waals surface area contributed by atoms with E-state index in [1.807, 2.05) is 0 Å². The Labute approximate surface area is 105 Å². The Hall–Kier alpha value is -1.04. The zero-order chi connectivity index (χ0) is 13.2. The molecule has 0 aliphatic heterocycles. The summed E-state index contributed by atoms with van der Waals surface area (Å²) in [4.78, 5) is 0. The van der Waals surface area contributed by atoms with Crippen LogP contribution in [0, 0.1) is 11.6 Å². The minimum atomic E-state index is -0.586. The fourth-order valence-electron chi connectivity index (χ4n) is 2.48. The van der Waals surface area contributed by atoms with Gasteiger partial charge in [0.1, 0.15) is 11.6 Å². The maximum atomic E-state index is 13.7. The molecular formula is C13H18F2N2O. The summed E-state index contributed by atoms with van der Waals surface area (Å²) in [5.41, 5.74) is 2.75. The first kappa shape index (κ1) is 13.4. The second kappa shape index (κ2) is 5.30. The Morgan fingerprint density at radius 3 is 2.61 bits per heavy atom. The summed E-state index contributed by atoms with van der Waals surface area (Å²) in [6.45, 7) is 0. The highest BCUT2D eigenvalue weighted by molar-refractivity contribution is 5.23. The van der Waals surface area contributed by atoms with Gasteiger partial charge in [-0.3, -0.25) is 11.3 Å². The first-order valence-electron chi connectivity index (χ1n) is 6.06. The lowest BCUT2D eigenvalue weighted by Crippen LogP contribution is -2.44. The van der Waals surface area contributed by atoms with Crippen LogP contribution in [0.5, 0.6) is 0 Å². The molecule has 3 N–H and O–H groups in total. The number of ether oxygens (including phenoxy) is 1. The van der Waals surface area contributed by atoms with Gasteiger partial charge in [-0.2, -0.15) is 0 Å². The van der Waals surface area contributed by atoms with Crippen molar-refractivity contribution in [3.8, 4) is 0 Å². The molecule has 18 heavy (non-hydrogen) atoms. The number of rotatable bonds is 5. The Kier molecular flexibility index (Phi) is 3.94. The molecule has 1 aliphatic rings. The quantitative estimate of drug-likeness (QED) is 0.628. The van der Waals surface area contributed by atoms with E-state index in [2.05, 4.69) is 5.43 Å². The van der Waals surface area contributed by atoms with Crippen molar-refractivity contribution in [3.63, 3.8) is 0 Å². The van der Waals surface area contributed by atoms with Gasteiger partial charge < -0.3 is 4.74 Å². The number of halogens is 2. The van der Waals surface area contributed by atoms with Gasteiger partial charge in [-0.05, 0) is 31.7 Å². The van der Waals surface area contributed by atoms with E-state index in [-0.39, 0.29) is 11.6 Å². The molecule has 1 fully saturated rings. The van der Waals surface area contributed by atoms with Crippen LogP contribution in [0.15, 0.2) is 18.2 Å². The number of hydrogen-bond donors (Lipinski definition) is 2. The number of hydrogen-bond acceptors (Lipinski definition) is 3. The summed E-state index contributed by atoms with van der Waals surface area (Å²) < 4.78 is 32.1. The molecule has 100 valence electrons. The van der Waals surface area contributed by atoms with E-state index in [0.717, 1.165) is 25.3 Å². The molecule has 1 aromatic carbocycles. The Morgan fingerprint density at radius 1 is 1.44 bits per heavy atom. The SMILES string of the molecule is COC1(CC(NN)c2ccc(F)cc2F)CCC1. The van der Waals surface area contributed by atoms with Gasteiger partial charge in [0.25, 0.3) is 0 Å². The second-order valence-electron chi connectivity index (χ2n) is 4.83. The molecule has 0 amide bonds. The third-order valence-electron chi connectivity index (χ3n) is 3.81. The van der Waals surface area contributed by atoms with E-state index < -0.39 is 11.6 Å². The number of hydrazine groups is 1. The molecule has 1 unspecified atom stereocenters. The minimum Gasteiger partial charge on any atom is -0.378 e. The van der Waals surface area contributed by atoms with Crippen molar-refractivity contribution in [3.05, 3.63) is 35.4 Å². The Bertz CT molecular complexity index is 416. The topological polar surface area (TPSA) is 47.3 Å². The average Bonchev–Trinajstić information content (AvgIpc) is 2.30. The summed E-state index contributed by atoms with van der Waals surface area (Å²) in [5.74, 6) is 4.32. The van der Waals surface area contributed by atoms with Gasteiger partial charge in [-0.25, -0.2) is 8.78 Å². The zero-order valence-corrected chi connectivity index (χ0v) is 10.4. The Morgan fingerprint density at radius 2 is 2.17 bits per heavy atom. The lowest BCUT2D eigenvalue weighted by Gasteiger charge is -2.42. The highest BCUT2D eigenvalue weighted by atomic mass is 19.1. The Balaban J connectivity index is 2.17. The minimum absolute atomic E-state index is 0.224. The summed E-state index contributed by atoms with van der Waals surface area (Å²) in [7, 11) is 1.66. The van der Waals surface area contributed by atoms with Crippen molar-refractivity contribution in [1.82, 2.24) is 5.43 Å². The van der Waals surface area contributed by atoms with Gasteiger partial charge in [0, 0.05) is 18.7 Å². The van der Waals surface area contributed by atoms with Crippen molar-refractivity contribution in [2.45, 2.75) is 37.3 Å². The van der Waals surface area contributed by atoms with Crippen LogP contribution in [0.4, 0.5) is 8.78 Å². The van der Waals surface area contributed by atoms with Crippen LogP contribution >= 0.6 is 0 Å². The molecule has 0 saturated heterocycles. The summed E-state index contributed by atoms with van der Waals surface area (Å²) in [6.07, 6.45) is 3.59. The van der Waals surface area contributed by atoms with Crippen LogP contribution < -0.4 is 11.3 Å². The summed E-state index contributed by atoms with van der Waals surface area (Å²) >= 11 is 0. The van der Waals surface area contributed by atoms with Crippen molar-refractivity contribution >= 4 is 0 Å². The van der Waals surface area contributed by atoms with Crippen LogP contribution in [0.25, 0.3) is 0 Å². The van der Waals surface area contributed by atoms with E-state index in [4.69, 9.17) is 10.6 Å². The van der Waals surface area contributed by atoms with Gasteiger partial charge in [-0.15, -0.1) is 0 Å². The summed E-state index contributed by atoms with van der Waals surface area (Å²) in [5, 5.41) is 0. The van der Waals surface area contributed by atoms with Crippen LogP contribution in [-0.2, 0) is 4.74 Å². The van der Waals surface area contributed by atoms with E-state index in [1.165, 1.54) is 12.1 Å². The molecule has 0 bridgehead atoms. The fourth-order valence-corrected chi connectivity index (χ4v) is 2.48. The van der Waals surface area contributed by atoms with Crippen molar-refractivity contribution in [2.75, 3.05) is 7.11 Å².